The first-order chi connectivity index (χ1) is 10.1. The molecule has 2 aromatic rings. The van der Waals surface area contributed by atoms with Crippen LogP contribution in [0.5, 0.6) is 17.2 Å². The van der Waals surface area contributed by atoms with Gasteiger partial charge in [-0.2, -0.15) is 0 Å². The molecule has 0 atom stereocenters. The summed E-state index contributed by atoms with van der Waals surface area (Å²) in [6, 6.07) is 12.1. The molecule has 1 N–H and O–H groups in total. The Morgan fingerprint density at radius 2 is 1.81 bits per heavy atom. The zero-order valence-electron chi connectivity index (χ0n) is 11.2. The summed E-state index contributed by atoms with van der Waals surface area (Å²) >= 11 is 5.92. The largest absolute Gasteiger partial charge is 0.497 e. The van der Waals surface area contributed by atoms with Gasteiger partial charge in [0.1, 0.15) is 17.2 Å². The van der Waals surface area contributed by atoms with E-state index in [0.29, 0.717) is 22.1 Å². The van der Waals surface area contributed by atoms with Crippen LogP contribution in [0.3, 0.4) is 0 Å². The number of hydrogen-bond donors (Lipinski definition) is 1. The van der Waals surface area contributed by atoms with Crippen LogP contribution in [0, 0.1) is 0 Å². The molecular weight excluding hydrogens is 292 g/mol. The number of carbonyl (C=O) groups is 1. The maximum Gasteiger partial charge on any atom is 0.328 e. The van der Waals surface area contributed by atoms with E-state index in [2.05, 4.69) is 0 Å². The van der Waals surface area contributed by atoms with Crippen molar-refractivity contribution in [3.63, 3.8) is 0 Å². The lowest BCUT2D eigenvalue weighted by molar-refractivity contribution is -0.131. The average Bonchev–Trinajstić information content (AvgIpc) is 2.48. The Bertz CT molecular complexity index is 662. The van der Waals surface area contributed by atoms with Crippen LogP contribution in [0.15, 0.2) is 48.5 Å². The SMILES string of the molecule is COc1ccc(Oc2ccc(Cl)cc2/C=C/C(=O)O)cc1. The number of aliphatic carboxylic acids is 1. The molecule has 5 heteroatoms. The highest BCUT2D eigenvalue weighted by molar-refractivity contribution is 6.30. The van der Waals surface area contributed by atoms with E-state index in [4.69, 9.17) is 26.2 Å². The Balaban J connectivity index is 2.27. The lowest BCUT2D eigenvalue weighted by Crippen LogP contribution is -1.90. The van der Waals surface area contributed by atoms with Gasteiger partial charge in [0.2, 0.25) is 0 Å². The quantitative estimate of drug-likeness (QED) is 0.839. The molecule has 0 saturated carbocycles. The maximum absolute atomic E-state index is 10.6. The monoisotopic (exact) mass is 304 g/mol. The first kappa shape index (κ1) is 14.9. The van der Waals surface area contributed by atoms with Gasteiger partial charge in [-0.3, -0.25) is 0 Å². The fraction of sp³-hybridized carbons (Fsp3) is 0.0625. The van der Waals surface area contributed by atoms with Gasteiger partial charge in [-0.1, -0.05) is 11.6 Å². The van der Waals surface area contributed by atoms with Gasteiger partial charge >= 0.3 is 5.97 Å². The molecule has 0 unspecified atom stereocenters. The molecule has 108 valence electrons. The second kappa shape index (κ2) is 6.81. The number of methoxy groups -OCH3 is 1. The van der Waals surface area contributed by atoms with Crippen molar-refractivity contribution in [1.29, 1.82) is 0 Å². The Labute approximate surface area is 127 Å². The standard InChI is InChI=1S/C16H13ClO4/c1-20-13-4-6-14(7-5-13)21-15-8-3-12(17)10-11(15)2-9-16(18)19/h2-10H,1H3,(H,18,19)/b9-2+. The van der Waals surface area contributed by atoms with E-state index < -0.39 is 5.97 Å². The minimum atomic E-state index is -1.04. The van der Waals surface area contributed by atoms with Crippen molar-refractivity contribution in [3.05, 3.63) is 59.1 Å². The van der Waals surface area contributed by atoms with Gasteiger partial charge in [0.25, 0.3) is 0 Å². The van der Waals surface area contributed by atoms with Crippen molar-refractivity contribution >= 4 is 23.6 Å². The summed E-state index contributed by atoms with van der Waals surface area (Å²) in [6.45, 7) is 0. The van der Waals surface area contributed by atoms with Crippen molar-refractivity contribution in [1.82, 2.24) is 0 Å². The number of carboxylic acid groups (broad SMARTS) is 1. The third-order valence-electron chi connectivity index (χ3n) is 2.66. The van der Waals surface area contributed by atoms with Crippen LogP contribution >= 0.6 is 11.6 Å². The van der Waals surface area contributed by atoms with E-state index in [1.165, 1.54) is 6.08 Å². The Kier molecular flexibility index (Phi) is 4.85. The fourth-order valence-electron chi connectivity index (χ4n) is 1.67. The third kappa shape index (κ3) is 4.26. The molecule has 0 bridgehead atoms. The molecular formula is C16H13ClO4. The average molecular weight is 305 g/mol. The predicted octanol–water partition coefficient (Wildman–Crippen LogP) is 4.24. The molecule has 2 aromatic carbocycles. The summed E-state index contributed by atoms with van der Waals surface area (Å²) in [5, 5.41) is 9.21. The first-order valence-corrected chi connectivity index (χ1v) is 6.49. The number of halogens is 1. The molecule has 0 aliphatic heterocycles. The molecule has 21 heavy (non-hydrogen) atoms. The Hall–Kier alpha value is -2.46. The third-order valence-corrected chi connectivity index (χ3v) is 2.90. The van der Waals surface area contributed by atoms with Crippen LogP contribution in [0.2, 0.25) is 5.02 Å². The highest BCUT2D eigenvalue weighted by Gasteiger charge is 2.05. The van der Waals surface area contributed by atoms with Gasteiger partial charge < -0.3 is 14.6 Å². The maximum atomic E-state index is 10.6. The van der Waals surface area contributed by atoms with Gasteiger partial charge in [0.05, 0.1) is 7.11 Å². The van der Waals surface area contributed by atoms with Crippen molar-refractivity contribution < 1.29 is 19.4 Å². The van der Waals surface area contributed by atoms with Crippen LogP contribution in [-0.2, 0) is 4.79 Å². The first-order valence-electron chi connectivity index (χ1n) is 6.11. The Morgan fingerprint density at radius 1 is 1.14 bits per heavy atom. The van der Waals surface area contributed by atoms with Crippen LogP contribution in [0.25, 0.3) is 6.08 Å². The van der Waals surface area contributed by atoms with E-state index in [0.717, 1.165) is 11.8 Å². The molecule has 0 spiro atoms. The fourth-order valence-corrected chi connectivity index (χ4v) is 1.85. The number of carboxylic acids is 1. The van der Waals surface area contributed by atoms with E-state index in [1.54, 1.807) is 49.6 Å². The number of benzene rings is 2. The van der Waals surface area contributed by atoms with Crippen LogP contribution in [0.4, 0.5) is 0 Å². The topological polar surface area (TPSA) is 55.8 Å². The molecule has 4 nitrogen and oxygen atoms in total. The van der Waals surface area contributed by atoms with Gasteiger partial charge in [0, 0.05) is 16.7 Å². The molecule has 0 heterocycles. The summed E-state index contributed by atoms with van der Waals surface area (Å²) in [4.78, 5) is 10.6. The lowest BCUT2D eigenvalue weighted by atomic mass is 10.2. The number of ether oxygens (including phenoxy) is 2. The van der Waals surface area contributed by atoms with E-state index in [9.17, 15) is 4.79 Å². The summed E-state index contributed by atoms with van der Waals surface area (Å²) in [7, 11) is 1.59. The van der Waals surface area contributed by atoms with Gasteiger partial charge in [-0.15, -0.1) is 0 Å². The minimum Gasteiger partial charge on any atom is -0.497 e. The molecule has 0 saturated heterocycles. The highest BCUT2D eigenvalue weighted by Crippen LogP contribution is 2.29. The van der Waals surface area contributed by atoms with Crippen molar-refractivity contribution in [2.45, 2.75) is 0 Å². The van der Waals surface area contributed by atoms with E-state index in [-0.39, 0.29) is 0 Å². The molecule has 0 aliphatic rings. The van der Waals surface area contributed by atoms with Crippen molar-refractivity contribution in [3.8, 4) is 17.2 Å². The van der Waals surface area contributed by atoms with Crippen LogP contribution in [0.1, 0.15) is 5.56 Å². The lowest BCUT2D eigenvalue weighted by Gasteiger charge is -2.10. The zero-order chi connectivity index (χ0) is 15.2. The van der Waals surface area contributed by atoms with E-state index in [1.807, 2.05) is 0 Å². The second-order valence-electron chi connectivity index (χ2n) is 4.13. The van der Waals surface area contributed by atoms with Crippen LogP contribution < -0.4 is 9.47 Å². The molecule has 0 aliphatic carbocycles. The van der Waals surface area contributed by atoms with Gasteiger partial charge in [-0.05, 0) is 48.5 Å². The molecule has 0 fully saturated rings. The highest BCUT2D eigenvalue weighted by atomic mass is 35.5. The molecule has 0 radical (unpaired) electrons. The van der Waals surface area contributed by atoms with Crippen LogP contribution in [-0.4, -0.2) is 18.2 Å². The van der Waals surface area contributed by atoms with Gasteiger partial charge in [0.15, 0.2) is 0 Å². The number of hydrogen-bond acceptors (Lipinski definition) is 3. The molecule has 0 amide bonds. The Morgan fingerprint density at radius 3 is 2.43 bits per heavy atom. The summed E-state index contributed by atoms with van der Waals surface area (Å²) in [6.07, 6.45) is 2.47. The summed E-state index contributed by atoms with van der Waals surface area (Å²) in [5.41, 5.74) is 0.584. The van der Waals surface area contributed by atoms with Gasteiger partial charge in [-0.25, -0.2) is 4.79 Å². The van der Waals surface area contributed by atoms with Crippen molar-refractivity contribution in [2.24, 2.45) is 0 Å². The predicted molar refractivity (Wildman–Crippen MR) is 81.2 cm³/mol. The van der Waals surface area contributed by atoms with Crippen molar-refractivity contribution in [2.75, 3.05) is 7.11 Å². The summed E-state index contributed by atoms with van der Waals surface area (Å²) < 4.78 is 10.8. The normalized spacial score (nSPS) is 10.6. The second-order valence-corrected chi connectivity index (χ2v) is 4.57. The number of rotatable bonds is 5. The smallest absolute Gasteiger partial charge is 0.328 e. The molecule has 0 aromatic heterocycles. The zero-order valence-corrected chi connectivity index (χ0v) is 12.0. The molecule has 2 rings (SSSR count). The minimum absolute atomic E-state index is 0.502. The van der Waals surface area contributed by atoms with E-state index >= 15 is 0 Å². The summed E-state index contributed by atoms with van der Waals surface area (Å²) in [5.74, 6) is 0.819.